The Kier molecular flexibility index (Phi) is 6.85. The minimum atomic E-state index is -0.490. The summed E-state index contributed by atoms with van der Waals surface area (Å²) in [6, 6.07) is 6.62. The van der Waals surface area contributed by atoms with Gasteiger partial charge in [-0.1, -0.05) is 12.1 Å². The molecule has 1 aromatic carbocycles. The van der Waals surface area contributed by atoms with E-state index in [2.05, 4.69) is 15.5 Å². The first-order chi connectivity index (χ1) is 12.2. The highest BCUT2D eigenvalue weighted by Gasteiger charge is 2.23. The highest BCUT2D eigenvalue weighted by molar-refractivity contribution is 5.96. The topological polar surface area (TPSA) is 90.9 Å². The molecule has 0 unspecified atom stereocenters. The molecule has 0 bridgehead atoms. The molecule has 1 saturated heterocycles. The van der Waals surface area contributed by atoms with Crippen molar-refractivity contribution in [2.45, 2.75) is 45.3 Å². The van der Waals surface area contributed by atoms with Gasteiger partial charge in [0.2, 0.25) is 0 Å². The predicted octanol–water partition coefficient (Wildman–Crippen LogP) is 2.11. The lowest BCUT2D eigenvalue weighted by Crippen LogP contribution is -2.47. The van der Waals surface area contributed by atoms with Gasteiger partial charge in [-0.05, 0) is 45.7 Å². The van der Waals surface area contributed by atoms with Gasteiger partial charge < -0.3 is 25.4 Å². The fraction of sp³-hybridized carbons (Fsp3) is 0.579. The summed E-state index contributed by atoms with van der Waals surface area (Å²) in [5.74, 6) is -0.288. The minimum Gasteiger partial charge on any atom is -0.507 e. The van der Waals surface area contributed by atoms with E-state index in [9.17, 15) is 14.7 Å². The van der Waals surface area contributed by atoms with Gasteiger partial charge in [0.05, 0.1) is 5.56 Å². The van der Waals surface area contributed by atoms with Crippen molar-refractivity contribution < 1.29 is 19.4 Å². The molecule has 1 aliphatic heterocycles. The van der Waals surface area contributed by atoms with Crippen LogP contribution in [-0.4, -0.2) is 59.8 Å². The van der Waals surface area contributed by atoms with Crippen LogP contribution in [0.1, 0.15) is 44.0 Å². The number of nitrogens with zero attached hydrogens (tertiary/aromatic N) is 1. The van der Waals surface area contributed by atoms with Gasteiger partial charge in [0.15, 0.2) is 0 Å². The summed E-state index contributed by atoms with van der Waals surface area (Å²) < 4.78 is 5.28. The van der Waals surface area contributed by atoms with Crippen LogP contribution in [0, 0.1) is 0 Å². The Morgan fingerprint density at radius 2 is 1.88 bits per heavy atom. The summed E-state index contributed by atoms with van der Waals surface area (Å²) in [7, 11) is 0. The number of rotatable bonds is 5. The second-order valence-corrected chi connectivity index (χ2v) is 7.54. The number of likely N-dealkylation sites (tertiary alicyclic amines) is 1. The first-order valence-corrected chi connectivity index (χ1v) is 9.02. The molecular weight excluding hydrogens is 334 g/mol. The van der Waals surface area contributed by atoms with Gasteiger partial charge in [-0.2, -0.15) is 0 Å². The van der Waals surface area contributed by atoms with E-state index in [0.29, 0.717) is 6.54 Å². The quantitative estimate of drug-likeness (QED) is 0.745. The number of hydrogen-bond acceptors (Lipinski definition) is 5. The number of ether oxygens (including phenoxy) is 1. The first-order valence-electron chi connectivity index (χ1n) is 9.02. The Bertz CT molecular complexity index is 619. The fourth-order valence-corrected chi connectivity index (χ4v) is 2.86. The molecule has 0 aliphatic carbocycles. The normalized spacial score (nSPS) is 16.1. The van der Waals surface area contributed by atoms with Gasteiger partial charge in [0, 0.05) is 32.2 Å². The molecule has 1 aliphatic rings. The molecule has 26 heavy (non-hydrogen) atoms. The van der Waals surface area contributed by atoms with Crippen LogP contribution < -0.4 is 10.6 Å². The summed E-state index contributed by atoms with van der Waals surface area (Å²) in [5, 5.41) is 15.4. The molecule has 0 saturated carbocycles. The average Bonchev–Trinajstić information content (AvgIpc) is 2.55. The SMILES string of the molecule is CC(C)(C)OC(=O)NC1CCN(CCNC(=O)c2ccccc2O)CC1. The maximum absolute atomic E-state index is 12.0. The van der Waals surface area contributed by atoms with Crippen molar-refractivity contribution in [1.29, 1.82) is 0 Å². The Balaban J connectivity index is 1.65. The molecule has 0 radical (unpaired) electrons. The number of amides is 2. The van der Waals surface area contributed by atoms with E-state index in [-0.39, 0.29) is 29.4 Å². The summed E-state index contributed by atoms with van der Waals surface area (Å²) in [6.07, 6.45) is 1.34. The van der Waals surface area contributed by atoms with Crippen LogP contribution in [0.15, 0.2) is 24.3 Å². The standard InChI is InChI=1S/C19H29N3O4/c1-19(2,3)26-18(25)21-14-8-11-22(12-9-14)13-10-20-17(24)15-6-4-5-7-16(15)23/h4-7,14,23H,8-13H2,1-3H3,(H,20,24)(H,21,25). The van der Waals surface area contributed by atoms with Gasteiger partial charge in [0.1, 0.15) is 11.4 Å². The lowest BCUT2D eigenvalue weighted by atomic mass is 10.1. The fourth-order valence-electron chi connectivity index (χ4n) is 2.86. The van der Waals surface area contributed by atoms with E-state index in [0.717, 1.165) is 32.5 Å². The molecule has 1 aromatic rings. The molecule has 1 heterocycles. The average molecular weight is 363 g/mol. The Morgan fingerprint density at radius 1 is 1.23 bits per heavy atom. The number of nitrogens with one attached hydrogen (secondary N) is 2. The molecule has 0 spiro atoms. The number of phenols is 1. The third-order valence-corrected chi connectivity index (χ3v) is 4.17. The largest absolute Gasteiger partial charge is 0.507 e. The van der Waals surface area contributed by atoms with Crippen molar-refractivity contribution in [2.24, 2.45) is 0 Å². The number of alkyl carbamates (subject to hydrolysis) is 1. The van der Waals surface area contributed by atoms with Crippen LogP contribution in [0.2, 0.25) is 0 Å². The van der Waals surface area contributed by atoms with E-state index in [1.165, 1.54) is 6.07 Å². The van der Waals surface area contributed by atoms with Gasteiger partial charge in [-0.15, -0.1) is 0 Å². The highest BCUT2D eigenvalue weighted by atomic mass is 16.6. The molecule has 7 heteroatoms. The van der Waals surface area contributed by atoms with E-state index >= 15 is 0 Å². The van der Waals surface area contributed by atoms with Crippen molar-refractivity contribution in [3.8, 4) is 5.75 Å². The van der Waals surface area contributed by atoms with E-state index in [4.69, 9.17) is 4.74 Å². The number of aromatic hydroxyl groups is 1. The third-order valence-electron chi connectivity index (χ3n) is 4.17. The number of benzene rings is 1. The second kappa shape index (κ2) is 8.89. The summed E-state index contributed by atoms with van der Waals surface area (Å²) >= 11 is 0. The number of phenolic OH excluding ortho intramolecular Hbond substituents is 1. The number of carbonyl (C=O) groups excluding carboxylic acids is 2. The smallest absolute Gasteiger partial charge is 0.407 e. The second-order valence-electron chi connectivity index (χ2n) is 7.54. The van der Waals surface area contributed by atoms with Crippen molar-refractivity contribution in [3.05, 3.63) is 29.8 Å². The zero-order valence-corrected chi connectivity index (χ0v) is 15.7. The van der Waals surface area contributed by atoms with Crippen molar-refractivity contribution >= 4 is 12.0 Å². The molecule has 0 atom stereocenters. The van der Waals surface area contributed by atoms with Crippen LogP contribution in [0.5, 0.6) is 5.75 Å². The van der Waals surface area contributed by atoms with Crippen LogP contribution in [-0.2, 0) is 4.74 Å². The Morgan fingerprint density at radius 3 is 2.50 bits per heavy atom. The lowest BCUT2D eigenvalue weighted by Gasteiger charge is -2.32. The minimum absolute atomic E-state index is 0.0148. The first kappa shape index (κ1) is 20.0. The van der Waals surface area contributed by atoms with Crippen molar-refractivity contribution in [1.82, 2.24) is 15.5 Å². The van der Waals surface area contributed by atoms with E-state index < -0.39 is 5.60 Å². The van der Waals surface area contributed by atoms with Crippen LogP contribution in [0.3, 0.4) is 0 Å². The molecule has 7 nitrogen and oxygen atoms in total. The summed E-state index contributed by atoms with van der Waals surface area (Å²) in [4.78, 5) is 26.1. The highest BCUT2D eigenvalue weighted by Crippen LogP contribution is 2.15. The molecular formula is C19H29N3O4. The maximum Gasteiger partial charge on any atom is 0.407 e. The lowest BCUT2D eigenvalue weighted by molar-refractivity contribution is 0.0478. The molecule has 2 amide bonds. The monoisotopic (exact) mass is 363 g/mol. The molecule has 0 aromatic heterocycles. The zero-order valence-electron chi connectivity index (χ0n) is 15.7. The number of hydrogen-bond donors (Lipinski definition) is 3. The van der Waals surface area contributed by atoms with Gasteiger partial charge in [0.25, 0.3) is 5.91 Å². The van der Waals surface area contributed by atoms with E-state index in [1.54, 1.807) is 18.2 Å². The predicted molar refractivity (Wildman–Crippen MR) is 99.3 cm³/mol. The maximum atomic E-state index is 12.0. The van der Waals surface area contributed by atoms with Crippen molar-refractivity contribution in [3.63, 3.8) is 0 Å². The molecule has 144 valence electrons. The van der Waals surface area contributed by atoms with Crippen molar-refractivity contribution in [2.75, 3.05) is 26.2 Å². The molecule has 2 rings (SSSR count). The van der Waals surface area contributed by atoms with Gasteiger partial charge in [-0.3, -0.25) is 4.79 Å². The third kappa shape index (κ3) is 6.55. The van der Waals surface area contributed by atoms with Crippen LogP contribution in [0.4, 0.5) is 4.79 Å². The molecule has 1 fully saturated rings. The number of carbonyl (C=O) groups is 2. The Labute approximate surface area is 154 Å². The van der Waals surface area contributed by atoms with Gasteiger partial charge >= 0.3 is 6.09 Å². The Hall–Kier alpha value is -2.28. The van der Waals surface area contributed by atoms with Crippen LogP contribution in [0.25, 0.3) is 0 Å². The molecule has 3 N–H and O–H groups in total. The number of piperidine rings is 1. The summed E-state index contributed by atoms with van der Waals surface area (Å²) in [6.45, 7) is 8.49. The number of para-hydroxylation sites is 1. The van der Waals surface area contributed by atoms with Gasteiger partial charge in [-0.25, -0.2) is 4.79 Å². The summed E-state index contributed by atoms with van der Waals surface area (Å²) in [5.41, 5.74) is -0.205. The van der Waals surface area contributed by atoms with E-state index in [1.807, 2.05) is 20.8 Å². The van der Waals surface area contributed by atoms with Crippen LogP contribution >= 0.6 is 0 Å². The zero-order chi connectivity index (χ0) is 19.2.